The molecule has 0 aromatic carbocycles. The van der Waals surface area contributed by atoms with Crippen LogP contribution in [0.4, 0.5) is 5.95 Å². The maximum Gasteiger partial charge on any atom is 0.225 e. The zero-order valence-corrected chi connectivity index (χ0v) is 9.59. The fourth-order valence-corrected chi connectivity index (χ4v) is 2.08. The largest absolute Gasteiger partial charge is 0.354 e. The summed E-state index contributed by atoms with van der Waals surface area (Å²) in [6.07, 6.45) is 1.88. The standard InChI is InChI=1S/C7H9Cl2N3S/c1-3-10-7-11-5(8)4(13-2)6(9)12-7/h3H2,1-2H3,(H,10,11,12). The van der Waals surface area contributed by atoms with Gasteiger partial charge in [-0.1, -0.05) is 23.2 Å². The second-order valence-electron chi connectivity index (χ2n) is 2.19. The van der Waals surface area contributed by atoms with Gasteiger partial charge in [0.2, 0.25) is 5.95 Å². The molecule has 0 bridgehead atoms. The van der Waals surface area contributed by atoms with Gasteiger partial charge < -0.3 is 5.32 Å². The van der Waals surface area contributed by atoms with Gasteiger partial charge in [-0.3, -0.25) is 0 Å². The van der Waals surface area contributed by atoms with Crippen LogP contribution in [0.3, 0.4) is 0 Å². The minimum Gasteiger partial charge on any atom is -0.354 e. The third-order valence-electron chi connectivity index (χ3n) is 1.32. The molecule has 0 atom stereocenters. The Balaban J connectivity index is 3.05. The van der Waals surface area contributed by atoms with E-state index in [2.05, 4.69) is 15.3 Å². The van der Waals surface area contributed by atoms with Crippen LogP contribution in [-0.2, 0) is 0 Å². The molecule has 6 heteroatoms. The first kappa shape index (κ1) is 10.9. The summed E-state index contributed by atoms with van der Waals surface area (Å²) in [5, 5.41) is 3.72. The monoisotopic (exact) mass is 237 g/mol. The van der Waals surface area contributed by atoms with Gasteiger partial charge in [-0.2, -0.15) is 9.97 Å². The molecule has 0 spiro atoms. The maximum atomic E-state index is 5.87. The summed E-state index contributed by atoms with van der Waals surface area (Å²) in [7, 11) is 0. The first-order valence-electron chi connectivity index (χ1n) is 3.70. The lowest BCUT2D eigenvalue weighted by Gasteiger charge is -2.05. The molecule has 72 valence electrons. The highest BCUT2D eigenvalue weighted by Crippen LogP contribution is 2.30. The van der Waals surface area contributed by atoms with E-state index in [0.29, 0.717) is 21.2 Å². The lowest BCUT2D eigenvalue weighted by atomic mass is 10.6. The first-order chi connectivity index (χ1) is 6.19. The molecule has 0 aliphatic heterocycles. The van der Waals surface area contributed by atoms with Crippen LogP contribution in [0.15, 0.2) is 4.90 Å². The smallest absolute Gasteiger partial charge is 0.225 e. The van der Waals surface area contributed by atoms with Crippen molar-refractivity contribution in [1.82, 2.24) is 9.97 Å². The predicted molar refractivity (Wildman–Crippen MR) is 58.0 cm³/mol. The normalized spacial score (nSPS) is 10.2. The molecule has 0 radical (unpaired) electrons. The van der Waals surface area contributed by atoms with Crippen molar-refractivity contribution in [1.29, 1.82) is 0 Å². The summed E-state index contributed by atoms with van der Waals surface area (Å²) in [6, 6.07) is 0. The van der Waals surface area contributed by atoms with Gasteiger partial charge in [0.1, 0.15) is 10.3 Å². The third-order valence-corrected chi connectivity index (χ3v) is 2.89. The van der Waals surface area contributed by atoms with Gasteiger partial charge in [0, 0.05) is 6.54 Å². The number of rotatable bonds is 3. The number of anilines is 1. The minimum absolute atomic E-state index is 0.392. The van der Waals surface area contributed by atoms with Crippen molar-refractivity contribution in [2.24, 2.45) is 0 Å². The van der Waals surface area contributed by atoms with Crippen LogP contribution in [0.5, 0.6) is 0 Å². The molecule has 1 aromatic heterocycles. The SMILES string of the molecule is CCNc1nc(Cl)c(SC)c(Cl)n1. The van der Waals surface area contributed by atoms with Gasteiger partial charge in [0.15, 0.2) is 0 Å². The van der Waals surface area contributed by atoms with Crippen LogP contribution >= 0.6 is 35.0 Å². The summed E-state index contributed by atoms with van der Waals surface area (Å²) in [6.45, 7) is 2.69. The number of thioether (sulfide) groups is 1. The summed E-state index contributed by atoms with van der Waals surface area (Å²) in [5.74, 6) is 0.468. The Bertz CT molecular complexity index is 283. The van der Waals surface area contributed by atoms with Crippen LogP contribution < -0.4 is 5.32 Å². The van der Waals surface area contributed by atoms with Gasteiger partial charge in [-0.25, -0.2) is 0 Å². The fraction of sp³-hybridized carbons (Fsp3) is 0.429. The molecule has 0 unspecified atom stereocenters. The number of nitrogens with one attached hydrogen (secondary N) is 1. The van der Waals surface area contributed by atoms with Crippen LogP contribution in [0, 0.1) is 0 Å². The molecule has 0 amide bonds. The zero-order chi connectivity index (χ0) is 9.84. The molecule has 1 heterocycles. The van der Waals surface area contributed by atoms with Crippen molar-refractivity contribution in [3.63, 3.8) is 0 Å². The number of hydrogen-bond acceptors (Lipinski definition) is 4. The van der Waals surface area contributed by atoms with Gasteiger partial charge >= 0.3 is 0 Å². The van der Waals surface area contributed by atoms with Crippen LogP contribution in [0.25, 0.3) is 0 Å². The van der Waals surface area contributed by atoms with Crippen molar-refractivity contribution in [3.8, 4) is 0 Å². The molecule has 0 aliphatic carbocycles. The Kier molecular flexibility index (Phi) is 4.09. The molecule has 1 rings (SSSR count). The van der Waals surface area contributed by atoms with E-state index in [4.69, 9.17) is 23.2 Å². The predicted octanol–water partition coefficient (Wildman–Crippen LogP) is 2.94. The molecule has 3 nitrogen and oxygen atoms in total. The second-order valence-corrected chi connectivity index (χ2v) is 3.72. The molecule has 13 heavy (non-hydrogen) atoms. The van der Waals surface area contributed by atoms with E-state index >= 15 is 0 Å². The Morgan fingerprint density at radius 3 is 2.23 bits per heavy atom. The molecular weight excluding hydrogens is 229 g/mol. The Labute approximate surface area is 91.2 Å². The molecule has 1 N–H and O–H groups in total. The summed E-state index contributed by atoms with van der Waals surface area (Å²) >= 11 is 13.2. The highest BCUT2D eigenvalue weighted by atomic mass is 35.5. The van der Waals surface area contributed by atoms with E-state index in [9.17, 15) is 0 Å². The summed E-state index contributed by atoms with van der Waals surface area (Å²) < 4.78 is 0. The van der Waals surface area contributed by atoms with Gasteiger partial charge in [-0.15, -0.1) is 11.8 Å². The summed E-state index contributed by atoms with van der Waals surface area (Å²) in [4.78, 5) is 8.78. The van der Waals surface area contributed by atoms with E-state index in [1.54, 1.807) is 0 Å². The van der Waals surface area contributed by atoms with E-state index in [1.165, 1.54) is 11.8 Å². The Morgan fingerprint density at radius 1 is 1.31 bits per heavy atom. The summed E-state index contributed by atoms with van der Waals surface area (Å²) in [5.41, 5.74) is 0. The molecule has 0 saturated heterocycles. The second kappa shape index (κ2) is 4.88. The molecule has 0 fully saturated rings. The van der Waals surface area contributed by atoms with Crippen molar-refractivity contribution in [3.05, 3.63) is 10.3 Å². The zero-order valence-electron chi connectivity index (χ0n) is 7.27. The molecule has 1 aromatic rings. The molecular formula is C7H9Cl2N3S. The van der Waals surface area contributed by atoms with Crippen molar-refractivity contribution >= 4 is 40.9 Å². The molecule has 0 saturated carbocycles. The van der Waals surface area contributed by atoms with E-state index in [-0.39, 0.29) is 0 Å². The average Bonchev–Trinajstić information content (AvgIpc) is 2.04. The number of nitrogens with zero attached hydrogens (tertiary/aromatic N) is 2. The maximum absolute atomic E-state index is 5.87. The van der Waals surface area contributed by atoms with E-state index in [0.717, 1.165) is 6.54 Å². The van der Waals surface area contributed by atoms with E-state index in [1.807, 2.05) is 13.2 Å². The van der Waals surface area contributed by atoms with Gasteiger partial charge in [0.05, 0.1) is 4.90 Å². The topological polar surface area (TPSA) is 37.8 Å². The van der Waals surface area contributed by atoms with Crippen molar-refractivity contribution in [2.75, 3.05) is 18.1 Å². The quantitative estimate of drug-likeness (QED) is 0.649. The number of halogens is 2. The van der Waals surface area contributed by atoms with Crippen LogP contribution in [0.1, 0.15) is 6.92 Å². The van der Waals surface area contributed by atoms with Crippen LogP contribution in [-0.4, -0.2) is 22.8 Å². The Hall–Kier alpha value is -0.190. The van der Waals surface area contributed by atoms with Crippen molar-refractivity contribution < 1.29 is 0 Å². The van der Waals surface area contributed by atoms with Gasteiger partial charge in [-0.05, 0) is 13.2 Å². The van der Waals surface area contributed by atoms with Gasteiger partial charge in [0.25, 0.3) is 0 Å². The lowest BCUT2D eigenvalue weighted by Crippen LogP contribution is -2.02. The highest BCUT2D eigenvalue weighted by Gasteiger charge is 2.09. The third kappa shape index (κ3) is 2.62. The molecule has 0 aliphatic rings. The fourth-order valence-electron chi connectivity index (χ4n) is 0.803. The minimum atomic E-state index is 0.392. The van der Waals surface area contributed by atoms with Crippen molar-refractivity contribution in [2.45, 2.75) is 11.8 Å². The number of hydrogen-bond donors (Lipinski definition) is 1. The first-order valence-corrected chi connectivity index (χ1v) is 5.68. The Morgan fingerprint density at radius 2 is 1.85 bits per heavy atom. The lowest BCUT2D eigenvalue weighted by molar-refractivity contribution is 1.05. The van der Waals surface area contributed by atoms with E-state index < -0.39 is 0 Å². The highest BCUT2D eigenvalue weighted by molar-refractivity contribution is 7.98. The van der Waals surface area contributed by atoms with Crippen LogP contribution in [0.2, 0.25) is 10.3 Å². The number of aromatic nitrogens is 2. The average molecular weight is 238 g/mol.